The van der Waals surface area contributed by atoms with E-state index in [1.807, 2.05) is 18.2 Å². The van der Waals surface area contributed by atoms with Gasteiger partial charge in [-0.25, -0.2) is 0 Å². The number of hydrogen-bond acceptors (Lipinski definition) is 2. The van der Waals surface area contributed by atoms with Crippen LogP contribution < -0.4 is 4.90 Å². The highest BCUT2D eigenvalue weighted by Crippen LogP contribution is 2.30. The second-order valence-electron chi connectivity index (χ2n) is 5.79. The number of para-hydroxylation sites is 1. The van der Waals surface area contributed by atoms with Crippen LogP contribution in [0.1, 0.15) is 0 Å². The number of rotatable bonds is 2. The fourth-order valence-electron chi connectivity index (χ4n) is 2.79. The van der Waals surface area contributed by atoms with E-state index >= 15 is 0 Å². The van der Waals surface area contributed by atoms with Crippen LogP contribution in [0.25, 0.3) is 33.1 Å². The number of furan rings is 1. The molecule has 0 amide bonds. The molecule has 4 aromatic rings. The van der Waals surface area contributed by atoms with Crippen molar-refractivity contribution in [3.63, 3.8) is 0 Å². The SMILES string of the molecule is CN(C)c1ccc2cc(-c3cc4ccccc4o3)ccc2c1. The normalized spacial score (nSPS) is 11.2. The average molecular weight is 287 g/mol. The summed E-state index contributed by atoms with van der Waals surface area (Å²) in [6.45, 7) is 0. The molecular formula is C20H17NO. The summed E-state index contributed by atoms with van der Waals surface area (Å²) in [4.78, 5) is 2.12. The maximum Gasteiger partial charge on any atom is 0.135 e. The first-order valence-corrected chi connectivity index (χ1v) is 7.41. The van der Waals surface area contributed by atoms with Gasteiger partial charge in [-0.3, -0.25) is 0 Å². The Labute approximate surface area is 129 Å². The molecule has 0 unspecified atom stereocenters. The fraction of sp³-hybridized carbons (Fsp3) is 0.100. The Hall–Kier alpha value is -2.74. The van der Waals surface area contributed by atoms with Gasteiger partial charge in [0.2, 0.25) is 0 Å². The highest BCUT2D eigenvalue weighted by molar-refractivity contribution is 5.91. The summed E-state index contributed by atoms with van der Waals surface area (Å²) >= 11 is 0. The van der Waals surface area contributed by atoms with Crippen LogP contribution in [0.15, 0.2) is 71.1 Å². The maximum atomic E-state index is 5.96. The highest BCUT2D eigenvalue weighted by atomic mass is 16.3. The van der Waals surface area contributed by atoms with Crippen molar-refractivity contribution in [2.75, 3.05) is 19.0 Å². The first kappa shape index (κ1) is 13.0. The van der Waals surface area contributed by atoms with Crippen LogP contribution in [0.4, 0.5) is 5.69 Å². The van der Waals surface area contributed by atoms with Gasteiger partial charge in [0.25, 0.3) is 0 Å². The van der Waals surface area contributed by atoms with Crippen molar-refractivity contribution in [3.8, 4) is 11.3 Å². The van der Waals surface area contributed by atoms with Gasteiger partial charge in [0.1, 0.15) is 11.3 Å². The lowest BCUT2D eigenvalue weighted by molar-refractivity contribution is 0.631. The van der Waals surface area contributed by atoms with Crippen LogP contribution in [0.2, 0.25) is 0 Å². The summed E-state index contributed by atoms with van der Waals surface area (Å²) in [7, 11) is 4.12. The van der Waals surface area contributed by atoms with Crippen LogP contribution in [-0.4, -0.2) is 14.1 Å². The van der Waals surface area contributed by atoms with Gasteiger partial charge in [-0.2, -0.15) is 0 Å². The molecule has 3 aromatic carbocycles. The largest absolute Gasteiger partial charge is 0.456 e. The van der Waals surface area contributed by atoms with Gasteiger partial charge in [0, 0.05) is 30.7 Å². The quantitative estimate of drug-likeness (QED) is 0.496. The third kappa shape index (κ3) is 2.13. The van der Waals surface area contributed by atoms with E-state index in [1.165, 1.54) is 16.5 Å². The first-order valence-electron chi connectivity index (χ1n) is 7.41. The third-order valence-corrected chi connectivity index (χ3v) is 4.05. The van der Waals surface area contributed by atoms with Gasteiger partial charge >= 0.3 is 0 Å². The first-order chi connectivity index (χ1) is 10.7. The van der Waals surface area contributed by atoms with E-state index in [4.69, 9.17) is 4.42 Å². The monoisotopic (exact) mass is 287 g/mol. The molecule has 0 spiro atoms. The van der Waals surface area contributed by atoms with Crippen LogP contribution in [0.5, 0.6) is 0 Å². The van der Waals surface area contributed by atoms with E-state index in [1.54, 1.807) is 0 Å². The van der Waals surface area contributed by atoms with Crippen molar-refractivity contribution >= 4 is 27.4 Å². The van der Waals surface area contributed by atoms with E-state index in [0.29, 0.717) is 0 Å². The molecule has 0 aliphatic carbocycles. The summed E-state index contributed by atoms with van der Waals surface area (Å²) in [5.74, 6) is 0.916. The minimum Gasteiger partial charge on any atom is -0.456 e. The Morgan fingerprint density at radius 1 is 0.727 bits per heavy atom. The summed E-state index contributed by atoms with van der Waals surface area (Å²) in [6.07, 6.45) is 0. The predicted octanol–water partition coefficient (Wildman–Crippen LogP) is 5.32. The van der Waals surface area contributed by atoms with E-state index in [9.17, 15) is 0 Å². The van der Waals surface area contributed by atoms with Gasteiger partial charge in [-0.05, 0) is 41.1 Å². The average Bonchev–Trinajstić information content (AvgIpc) is 2.97. The second kappa shape index (κ2) is 4.92. The number of anilines is 1. The van der Waals surface area contributed by atoms with Gasteiger partial charge in [0.15, 0.2) is 0 Å². The predicted molar refractivity (Wildman–Crippen MR) is 93.5 cm³/mol. The molecule has 0 saturated heterocycles. The highest BCUT2D eigenvalue weighted by Gasteiger charge is 2.07. The Kier molecular flexibility index (Phi) is 2.90. The summed E-state index contributed by atoms with van der Waals surface area (Å²) < 4.78 is 5.96. The Bertz CT molecular complexity index is 933. The van der Waals surface area contributed by atoms with E-state index < -0.39 is 0 Å². The molecule has 2 heteroatoms. The molecule has 0 aliphatic rings. The standard InChI is InChI=1S/C20H17NO/c1-21(2)18-10-9-14-11-17(8-7-15(14)12-18)20-13-16-5-3-4-6-19(16)22-20/h3-13H,1-2H3. The molecule has 0 bridgehead atoms. The number of benzene rings is 3. The van der Waals surface area contributed by atoms with Crippen molar-refractivity contribution in [2.24, 2.45) is 0 Å². The molecule has 1 aromatic heterocycles. The van der Waals surface area contributed by atoms with E-state index in [-0.39, 0.29) is 0 Å². The molecule has 4 rings (SSSR count). The van der Waals surface area contributed by atoms with E-state index in [0.717, 1.165) is 22.3 Å². The Balaban J connectivity index is 1.83. The summed E-state index contributed by atoms with van der Waals surface area (Å²) in [5.41, 5.74) is 3.26. The Morgan fingerprint density at radius 3 is 2.32 bits per heavy atom. The number of hydrogen-bond donors (Lipinski definition) is 0. The lowest BCUT2D eigenvalue weighted by Crippen LogP contribution is -2.07. The van der Waals surface area contributed by atoms with Gasteiger partial charge < -0.3 is 9.32 Å². The van der Waals surface area contributed by atoms with Crippen LogP contribution in [0, 0.1) is 0 Å². The third-order valence-electron chi connectivity index (χ3n) is 4.05. The fourth-order valence-corrected chi connectivity index (χ4v) is 2.79. The lowest BCUT2D eigenvalue weighted by atomic mass is 10.0. The van der Waals surface area contributed by atoms with Gasteiger partial charge in [0.05, 0.1) is 0 Å². The van der Waals surface area contributed by atoms with Gasteiger partial charge in [-0.1, -0.05) is 36.4 Å². The van der Waals surface area contributed by atoms with Crippen molar-refractivity contribution in [3.05, 3.63) is 66.7 Å². The minimum absolute atomic E-state index is 0.916. The van der Waals surface area contributed by atoms with E-state index in [2.05, 4.69) is 67.5 Å². The zero-order chi connectivity index (χ0) is 15.1. The Morgan fingerprint density at radius 2 is 1.50 bits per heavy atom. The molecule has 0 atom stereocenters. The molecule has 0 radical (unpaired) electrons. The van der Waals surface area contributed by atoms with Crippen LogP contribution in [-0.2, 0) is 0 Å². The van der Waals surface area contributed by atoms with Gasteiger partial charge in [-0.15, -0.1) is 0 Å². The second-order valence-corrected chi connectivity index (χ2v) is 5.79. The van der Waals surface area contributed by atoms with Crippen molar-refractivity contribution in [2.45, 2.75) is 0 Å². The summed E-state index contributed by atoms with van der Waals surface area (Å²) in [5, 5.41) is 3.61. The minimum atomic E-state index is 0.916. The van der Waals surface area contributed by atoms with Crippen molar-refractivity contribution in [1.29, 1.82) is 0 Å². The molecule has 0 fully saturated rings. The van der Waals surface area contributed by atoms with Crippen molar-refractivity contribution in [1.82, 2.24) is 0 Å². The number of fused-ring (bicyclic) bond motifs is 2. The number of nitrogens with zero attached hydrogens (tertiary/aromatic N) is 1. The molecule has 0 aliphatic heterocycles. The molecule has 2 nitrogen and oxygen atoms in total. The topological polar surface area (TPSA) is 16.4 Å². The maximum absolute atomic E-state index is 5.96. The molecule has 1 heterocycles. The van der Waals surface area contributed by atoms with Crippen molar-refractivity contribution < 1.29 is 4.42 Å². The smallest absolute Gasteiger partial charge is 0.135 e. The lowest BCUT2D eigenvalue weighted by Gasteiger charge is -2.13. The zero-order valence-corrected chi connectivity index (χ0v) is 12.7. The van der Waals surface area contributed by atoms with Crippen LogP contribution in [0.3, 0.4) is 0 Å². The molecule has 108 valence electrons. The molecule has 0 saturated carbocycles. The zero-order valence-electron chi connectivity index (χ0n) is 12.7. The molecule has 22 heavy (non-hydrogen) atoms. The molecular weight excluding hydrogens is 270 g/mol. The molecule has 0 N–H and O–H groups in total. The summed E-state index contributed by atoms with van der Waals surface area (Å²) in [6, 6.07) is 23.2. The van der Waals surface area contributed by atoms with Crippen LogP contribution >= 0.6 is 0 Å².